The van der Waals surface area contributed by atoms with Gasteiger partial charge in [0.1, 0.15) is 33.9 Å². The fraction of sp³-hybridized carbons (Fsp3) is 0.257. The van der Waals surface area contributed by atoms with Gasteiger partial charge in [0.2, 0.25) is 0 Å². The van der Waals surface area contributed by atoms with Crippen LogP contribution in [0.3, 0.4) is 0 Å². The second kappa shape index (κ2) is 19.3. The van der Waals surface area contributed by atoms with Crippen LogP contribution in [0.1, 0.15) is 43.2 Å². The molecule has 0 bridgehead atoms. The van der Waals surface area contributed by atoms with Crippen LogP contribution >= 0.6 is 23.2 Å². The Morgan fingerprint density at radius 3 is 1.27 bits per heavy atom. The number of ether oxygens (including phenoxy) is 1. The van der Waals surface area contributed by atoms with Gasteiger partial charge in [0.05, 0.1) is 28.3 Å². The molecule has 0 radical (unpaired) electrons. The first-order valence-electron chi connectivity index (χ1n) is 16.7. The molecule has 358 valence electrons. The van der Waals surface area contributed by atoms with Crippen LogP contribution in [0.4, 0.5) is 70.2 Å². The van der Waals surface area contributed by atoms with Gasteiger partial charge in [0.25, 0.3) is 0 Å². The Balaban J connectivity index is 0.000000345. The molecule has 2 N–H and O–H groups in total. The van der Waals surface area contributed by atoms with Gasteiger partial charge < -0.3 is 24.4 Å². The van der Waals surface area contributed by atoms with E-state index in [9.17, 15) is 79.8 Å². The minimum atomic E-state index is -6.35. The number of rotatable bonds is 8. The first kappa shape index (κ1) is 56.0. The van der Waals surface area contributed by atoms with E-state index in [1.807, 2.05) is 0 Å². The molecular weight excluding hydrogens is 1010 g/mol. The number of benzene rings is 2. The summed E-state index contributed by atoms with van der Waals surface area (Å²) in [5.74, 6) is -15.7. The van der Waals surface area contributed by atoms with Gasteiger partial charge in [-0.1, -0.05) is 45.6 Å². The molecular formula is C35H19Cl2F16N6NaO7. The van der Waals surface area contributed by atoms with Crippen molar-refractivity contribution in [3.63, 3.8) is 0 Å². The molecule has 0 saturated carbocycles. The van der Waals surface area contributed by atoms with Crippen LogP contribution in [-0.4, -0.2) is 71.9 Å². The summed E-state index contributed by atoms with van der Waals surface area (Å²) in [6.45, 7) is 0. The van der Waals surface area contributed by atoms with Crippen molar-refractivity contribution in [2.24, 2.45) is 14.1 Å². The minimum absolute atomic E-state index is 0. The molecule has 0 aliphatic carbocycles. The molecule has 13 nitrogen and oxygen atoms in total. The number of hydrogen-bond donors (Lipinski definition) is 1. The summed E-state index contributed by atoms with van der Waals surface area (Å²) >= 11 is 11.6. The van der Waals surface area contributed by atoms with Crippen molar-refractivity contribution in [1.29, 1.82) is 0 Å². The van der Waals surface area contributed by atoms with Crippen molar-refractivity contribution in [3.8, 4) is 45.4 Å². The van der Waals surface area contributed by atoms with E-state index in [4.69, 9.17) is 37.4 Å². The topological polar surface area (TPSA) is 181 Å². The van der Waals surface area contributed by atoms with Gasteiger partial charge in [-0.15, -0.1) is 0 Å². The number of nitrogens with zero attached hydrogens (tertiary/aromatic N) is 6. The average Bonchev–Trinajstić information content (AvgIpc) is 3.99. The first-order chi connectivity index (χ1) is 29.6. The van der Waals surface area contributed by atoms with Crippen molar-refractivity contribution < 1.29 is 134 Å². The fourth-order valence-corrected chi connectivity index (χ4v) is 6.10. The Hall–Kier alpha value is -5.36. The van der Waals surface area contributed by atoms with E-state index in [1.54, 1.807) is 0 Å². The summed E-state index contributed by atoms with van der Waals surface area (Å²) in [5, 5.41) is 21.5. The Kier molecular flexibility index (Phi) is 16.1. The van der Waals surface area contributed by atoms with E-state index in [-0.39, 0.29) is 88.1 Å². The van der Waals surface area contributed by atoms with Gasteiger partial charge in [0.15, 0.2) is 22.9 Å². The molecule has 0 spiro atoms. The standard InChI is InChI=1S/C18H10ClF8N3O3.C17H8ClF8N3O3.Na.H2O/c1-30-13(12(17(22,23)24)14(28-30)16(20,21)18(25,26)27)11-6-10(29-33-11)7-3-4-9(19)8(5-7)15(31)32-2;1-29-12(11(16(21,22)23)13(27-29)15(19,20)17(24,25)26)10-5-9(28-32-10)6-2-3-8(18)7(4-6)14(30)31;;/h3-6H,1-2H3;2-5H,1H3,(H,30,31);;1H2/q;;+1;/p-1. The van der Waals surface area contributed by atoms with Crippen molar-refractivity contribution in [1.82, 2.24) is 29.9 Å². The summed E-state index contributed by atoms with van der Waals surface area (Å²) in [7, 11) is 2.53. The van der Waals surface area contributed by atoms with Crippen LogP contribution in [0.15, 0.2) is 57.6 Å². The normalized spacial score (nSPS) is 12.5. The van der Waals surface area contributed by atoms with Crippen molar-refractivity contribution in [2.75, 3.05) is 7.11 Å². The number of aromatic carboxylic acids is 1. The Bertz CT molecular complexity index is 2800. The van der Waals surface area contributed by atoms with Crippen LogP contribution in [0.5, 0.6) is 0 Å². The third-order valence-corrected chi connectivity index (χ3v) is 9.27. The summed E-state index contributed by atoms with van der Waals surface area (Å²) in [6.07, 6.45) is -24.0. The molecule has 0 atom stereocenters. The molecule has 0 fully saturated rings. The predicted octanol–water partition coefficient (Wildman–Crippen LogP) is 8.45. The van der Waals surface area contributed by atoms with Gasteiger partial charge in [0, 0.05) is 37.4 Å². The van der Waals surface area contributed by atoms with Crippen molar-refractivity contribution >= 4 is 35.1 Å². The molecule has 0 aliphatic heterocycles. The number of hydrogen-bond acceptors (Lipinski definition) is 10. The molecule has 0 unspecified atom stereocenters. The summed E-state index contributed by atoms with van der Waals surface area (Å²) in [6, 6.07) is 8.81. The van der Waals surface area contributed by atoms with E-state index >= 15 is 0 Å². The zero-order valence-electron chi connectivity index (χ0n) is 33.0. The number of carbonyl (C=O) groups is 2. The van der Waals surface area contributed by atoms with E-state index in [1.165, 1.54) is 24.3 Å². The third-order valence-electron chi connectivity index (χ3n) is 8.62. The first-order valence-corrected chi connectivity index (χ1v) is 17.4. The molecule has 6 aromatic rings. The van der Waals surface area contributed by atoms with E-state index < -0.39 is 93.9 Å². The molecule has 6 rings (SSSR count). The van der Waals surface area contributed by atoms with E-state index in [0.717, 1.165) is 38.4 Å². The van der Waals surface area contributed by atoms with Gasteiger partial charge >= 0.3 is 78.0 Å². The van der Waals surface area contributed by atoms with Gasteiger partial charge in [-0.3, -0.25) is 9.36 Å². The van der Waals surface area contributed by atoms with Gasteiger partial charge in [-0.05, 0) is 24.3 Å². The van der Waals surface area contributed by atoms with Gasteiger partial charge in [-0.25, -0.2) is 9.59 Å². The largest absolute Gasteiger partial charge is 1.00 e. The number of carbonyl (C=O) groups excluding carboxylic acids is 1. The second-order valence-electron chi connectivity index (χ2n) is 12.9. The SMILES string of the molecule is COC(=O)c1cc(-c2cc(-c3c(C(F)(F)F)c(C(F)(F)C(F)(F)F)nn3C)on2)ccc1Cl.Cn1nc(C(F)(F)C(F)(F)F)c(C(F)(F)F)c1-c1cc(-c2ccc(Cl)c(C(=O)O)c2)no1.[Na+].[OH-]. The van der Waals surface area contributed by atoms with Crippen molar-refractivity contribution in [2.45, 2.75) is 36.6 Å². The molecule has 4 heterocycles. The Labute approximate surface area is 392 Å². The number of methoxy groups -OCH3 is 1. The number of esters is 1. The molecule has 0 saturated heterocycles. The maximum absolute atomic E-state index is 13.8. The second-order valence-corrected chi connectivity index (χ2v) is 13.7. The number of aromatic nitrogens is 6. The summed E-state index contributed by atoms with van der Waals surface area (Å²) in [5.41, 5.74) is -13.0. The van der Waals surface area contributed by atoms with Crippen LogP contribution in [0, 0.1) is 0 Å². The van der Waals surface area contributed by atoms with Crippen LogP contribution in [-0.2, 0) is 43.0 Å². The van der Waals surface area contributed by atoms with Crippen LogP contribution in [0.2, 0.25) is 10.0 Å². The van der Waals surface area contributed by atoms with Crippen molar-refractivity contribution in [3.05, 3.63) is 92.2 Å². The molecule has 0 aliphatic rings. The number of carboxylic acids is 1. The summed E-state index contributed by atoms with van der Waals surface area (Å²) in [4.78, 5) is 23.0. The van der Waals surface area contributed by atoms with E-state index in [2.05, 4.69) is 25.2 Å². The average molecular weight is 1030 g/mol. The predicted molar refractivity (Wildman–Crippen MR) is 188 cm³/mol. The van der Waals surface area contributed by atoms with Crippen LogP contribution in [0.25, 0.3) is 45.4 Å². The minimum Gasteiger partial charge on any atom is -0.870 e. The zero-order valence-corrected chi connectivity index (χ0v) is 36.6. The number of halogens is 18. The monoisotopic (exact) mass is 1030 g/mol. The molecule has 67 heavy (non-hydrogen) atoms. The maximum Gasteiger partial charge on any atom is 1.00 e. The smallest absolute Gasteiger partial charge is 0.870 e. The quantitative estimate of drug-likeness (QED) is 0.0878. The van der Waals surface area contributed by atoms with Crippen LogP contribution < -0.4 is 29.6 Å². The van der Waals surface area contributed by atoms with E-state index in [0.29, 0.717) is 7.05 Å². The Morgan fingerprint density at radius 2 is 0.955 bits per heavy atom. The maximum atomic E-state index is 13.8. The fourth-order valence-electron chi connectivity index (χ4n) is 5.70. The molecule has 4 aromatic heterocycles. The number of alkyl halides is 16. The number of carboxylic acid groups (broad SMARTS) is 1. The summed E-state index contributed by atoms with van der Waals surface area (Å²) < 4.78 is 228. The molecule has 0 amide bonds. The zero-order chi connectivity index (χ0) is 49.2. The molecule has 2 aromatic carbocycles. The van der Waals surface area contributed by atoms with Gasteiger partial charge in [-0.2, -0.15) is 80.4 Å². The third kappa shape index (κ3) is 10.8. The molecule has 32 heteroatoms. The number of aryl methyl sites for hydroxylation is 2. The Morgan fingerprint density at radius 1 is 0.612 bits per heavy atom.